The Bertz CT molecular complexity index is 883. The maximum Gasteiger partial charge on any atom is 0.387 e. The molecule has 0 saturated carbocycles. The van der Waals surface area contributed by atoms with E-state index in [1.807, 2.05) is 19.9 Å². The van der Waals surface area contributed by atoms with Gasteiger partial charge in [0, 0.05) is 0 Å². The number of ether oxygens (including phenoxy) is 1. The standard InChI is InChI=1S/C18H21F2NO3S/c1-10-8-11(2)14(5)17(13(10)4)25(22,23)21-16-7-6-15(9-12(16)3)24-18(19)20/h6-9,18,21H,1-5H3. The molecule has 0 radical (unpaired) electrons. The van der Waals surface area contributed by atoms with Gasteiger partial charge >= 0.3 is 6.61 Å². The third-order valence-electron chi connectivity index (χ3n) is 4.23. The molecule has 0 spiro atoms. The van der Waals surface area contributed by atoms with Gasteiger partial charge in [0.2, 0.25) is 0 Å². The van der Waals surface area contributed by atoms with E-state index < -0.39 is 16.6 Å². The van der Waals surface area contributed by atoms with Crippen LogP contribution in [0.25, 0.3) is 0 Å². The molecule has 0 aliphatic heterocycles. The molecule has 0 atom stereocenters. The van der Waals surface area contributed by atoms with Crippen LogP contribution in [0.5, 0.6) is 5.75 Å². The molecule has 7 heteroatoms. The number of rotatable bonds is 5. The van der Waals surface area contributed by atoms with Gasteiger partial charge in [-0.25, -0.2) is 8.42 Å². The van der Waals surface area contributed by atoms with Gasteiger partial charge in [0.05, 0.1) is 10.6 Å². The molecular formula is C18H21F2NO3S. The van der Waals surface area contributed by atoms with Gasteiger partial charge in [-0.15, -0.1) is 0 Å². The summed E-state index contributed by atoms with van der Waals surface area (Å²) in [5.41, 5.74) is 3.96. The van der Waals surface area contributed by atoms with Gasteiger partial charge in [-0.1, -0.05) is 6.07 Å². The SMILES string of the molecule is Cc1cc(OC(F)F)ccc1NS(=O)(=O)c1c(C)c(C)cc(C)c1C. The normalized spacial score (nSPS) is 11.7. The number of alkyl halides is 2. The van der Waals surface area contributed by atoms with Crippen molar-refractivity contribution in [2.75, 3.05) is 4.72 Å². The summed E-state index contributed by atoms with van der Waals surface area (Å²) in [5, 5.41) is 0. The lowest BCUT2D eigenvalue weighted by atomic mass is 10.0. The van der Waals surface area contributed by atoms with Crippen molar-refractivity contribution in [1.29, 1.82) is 0 Å². The predicted molar refractivity (Wildman–Crippen MR) is 94.0 cm³/mol. The third-order valence-corrected chi connectivity index (χ3v) is 5.87. The third kappa shape index (κ3) is 4.10. The number of aryl methyl sites for hydroxylation is 3. The summed E-state index contributed by atoms with van der Waals surface area (Å²) in [6.07, 6.45) is 0. The summed E-state index contributed by atoms with van der Waals surface area (Å²) < 4.78 is 57.2. The minimum absolute atomic E-state index is 0.0193. The number of benzene rings is 2. The van der Waals surface area contributed by atoms with Crippen LogP contribution in [0.2, 0.25) is 0 Å². The Morgan fingerprint density at radius 1 is 0.920 bits per heavy atom. The van der Waals surface area contributed by atoms with Crippen LogP contribution < -0.4 is 9.46 Å². The second kappa shape index (κ2) is 7.00. The highest BCUT2D eigenvalue weighted by Crippen LogP contribution is 2.30. The van der Waals surface area contributed by atoms with E-state index in [2.05, 4.69) is 9.46 Å². The van der Waals surface area contributed by atoms with Crippen LogP contribution >= 0.6 is 0 Å². The zero-order valence-corrected chi connectivity index (χ0v) is 15.6. The molecule has 2 rings (SSSR count). The molecule has 0 amide bonds. The maximum absolute atomic E-state index is 12.9. The molecule has 0 aliphatic rings. The van der Waals surface area contributed by atoms with Crippen molar-refractivity contribution in [2.24, 2.45) is 0 Å². The van der Waals surface area contributed by atoms with Gasteiger partial charge in [-0.2, -0.15) is 8.78 Å². The van der Waals surface area contributed by atoms with E-state index in [0.717, 1.165) is 11.1 Å². The summed E-state index contributed by atoms with van der Waals surface area (Å²) in [5.74, 6) is -0.0193. The van der Waals surface area contributed by atoms with Gasteiger partial charge in [0.1, 0.15) is 5.75 Å². The van der Waals surface area contributed by atoms with Crippen molar-refractivity contribution in [2.45, 2.75) is 46.1 Å². The highest BCUT2D eigenvalue weighted by Gasteiger charge is 2.23. The van der Waals surface area contributed by atoms with E-state index >= 15 is 0 Å². The highest BCUT2D eigenvalue weighted by molar-refractivity contribution is 7.92. The quantitative estimate of drug-likeness (QED) is 0.836. The molecule has 0 heterocycles. The van der Waals surface area contributed by atoms with Crippen LogP contribution in [0.3, 0.4) is 0 Å². The first-order valence-corrected chi connectivity index (χ1v) is 9.17. The molecule has 0 bridgehead atoms. The monoisotopic (exact) mass is 369 g/mol. The van der Waals surface area contributed by atoms with Crippen molar-refractivity contribution in [3.8, 4) is 5.75 Å². The number of hydrogen-bond donors (Lipinski definition) is 1. The second-order valence-corrected chi connectivity index (χ2v) is 7.67. The molecule has 0 aromatic heterocycles. The average Bonchev–Trinajstić information content (AvgIpc) is 2.47. The molecular weight excluding hydrogens is 348 g/mol. The van der Waals surface area contributed by atoms with Crippen LogP contribution in [0, 0.1) is 34.6 Å². The van der Waals surface area contributed by atoms with Gasteiger partial charge in [0.25, 0.3) is 10.0 Å². The fourth-order valence-electron chi connectivity index (χ4n) is 2.71. The van der Waals surface area contributed by atoms with Crippen LogP contribution in [-0.2, 0) is 10.0 Å². The predicted octanol–water partition coefficient (Wildman–Crippen LogP) is 4.63. The van der Waals surface area contributed by atoms with Crippen molar-refractivity contribution in [3.63, 3.8) is 0 Å². The minimum atomic E-state index is -3.82. The van der Waals surface area contributed by atoms with E-state index in [0.29, 0.717) is 22.4 Å². The summed E-state index contributed by atoms with van der Waals surface area (Å²) in [7, 11) is -3.82. The lowest BCUT2D eigenvalue weighted by Crippen LogP contribution is -2.17. The second-order valence-electron chi connectivity index (χ2n) is 6.05. The van der Waals surface area contributed by atoms with E-state index in [1.54, 1.807) is 20.8 Å². The molecule has 0 aliphatic carbocycles. The van der Waals surface area contributed by atoms with Gasteiger partial charge in [0.15, 0.2) is 0 Å². The molecule has 25 heavy (non-hydrogen) atoms. The first-order chi connectivity index (χ1) is 11.5. The zero-order chi connectivity index (χ0) is 18.9. The van der Waals surface area contributed by atoms with E-state index in [1.165, 1.54) is 18.2 Å². The zero-order valence-electron chi connectivity index (χ0n) is 14.8. The molecule has 4 nitrogen and oxygen atoms in total. The number of halogens is 2. The van der Waals surface area contributed by atoms with Crippen molar-refractivity contribution in [1.82, 2.24) is 0 Å². The Hall–Kier alpha value is -2.15. The summed E-state index contributed by atoms with van der Waals surface area (Å²) in [6.45, 7) is 5.95. The Labute approximate surface area is 146 Å². The number of anilines is 1. The Morgan fingerprint density at radius 3 is 1.96 bits per heavy atom. The highest BCUT2D eigenvalue weighted by atomic mass is 32.2. The number of sulfonamides is 1. The Morgan fingerprint density at radius 2 is 1.48 bits per heavy atom. The van der Waals surface area contributed by atoms with Crippen LogP contribution in [0.15, 0.2) is 29.2 Å². The maximum atomic E-state index is 12.9. The smallest absolute Gasteiger partial charge is 0.387 e. The average molecular weight is 369 g/mol. The molecule has 0 fully saturated rings. The Kier molecular flexibility index (Phi) is 5.37. The number of hydrogen-bond acceptors (Lipinski definition) is 3. The summed E-state index contributed by atoms with van der Waals surface area (Å²) in [4.78, 5) is 0.248. The molecule has 0 saturated heterocycles. The van der Waals surface area contributed by atoms with Crippen molar-refractivity contribution >= 4 is 15.7 Å². The molecule has 2 aromatic carbocycles. The molecule has 0 unspecified atom stereocenters. The van der Waals surface area contributed by atoms with Crippen LogP contribution in [-0.4, -0.2) is 15.0 Å². The fraction of sp³-hybridized carbons (Fsp3) is 0.333. The summed E-state index contributed by atoms with van der Waals surface area (Å²) >= 11 is 0. The minimum Gasteiger partial charge on any atom is -0.435 e. The first kappa shape index (κ1) is 19.2. The largest absolute Gasteiger partial charge is 0.435 e. The van der Waals surface area contributed by atoms with Gasteiger partial charge < -0.3 is 4.74 Å². The molecule has 136 valence electrons. The van der Waals surface area contributed by atoms with E-state index in [4.69, 9.17) is 0 Å². The van der Waals surface area contributed by atoms with Crippen molar-refractivity contribution in [3.05, 3.63) is 52.1 Å². The van der Waals surface area contributed by atoms with Crippen LogP contribution in [0.4, 0.5) is 14.5 Å². The molecule has 1 N–H and O–H groups in total. The van der Waals surface area contributed by atoms with E-state index in [9.17, 15) is 17.2 Å². The number of nitrogens with one attached hydrogen (secondary N) is 1. The first-order valence-electron chi connectivity index (χ1n) is 7.68. The lowest BCUT2D eigenvalue weighted by molar-refractivity contribution is -0.0498. The van der Waals surface area contributed by atoms with Crippen LogP contribution in [0.1, 0.15) is 27.8 Å². The van der Waals surface area contributed by atoms with Gasteiger partial charge in [-0.05, 0) is 80.6 Å². The molecule has 2 aromatic rings. The lowest BCUT2D eigenvalue weighted by Gasteiger charge is -2.18. The summed E-state index contributed by atoms with van der Waals surface area (Å²) in [6, 6.07) is 6.03. The van der Waals surface area contributed by atoms with E-state index in [-0.39, 0.29) is 10.6 Å². The van der Waals surface area contributed by atoms with Crippen molar-refractivity contribution < 1.29 is 21.9 Å². The topological polar surface area (TPSA) is 55.4 Å². The Balaban J connectivity index is 2.44. The van der Waals surface area contributed by atoms with Gasteiger partial charge in [-0.3, -0.25) is 4.72 Å². The fourth-order valence-corrected chi connectivity index (χ4v) is 4.46.